The van der Waals surface area contributed by atoms with Gasteiger partial charge in [-0.3, -0.25) is 0 Å². The predicted molar refractivity (Wildman–Crippen MR) is 85.9 cm³/mol. The van der Waals surface area contributed by atoms with Gasteiger partial charge in [-0.2, -0.15) is 0 Å². The lowest BCUT2D eigenvalue weighted by Gasteiger charge is -2.18. The SMILES string of the molecule is CCCCC(CCC)NS(=O)(=O)c1ccc(CO)c(Cl)c1. The molecule has 21 heavy (non-hydrogen) atoms. The molecule has 0 saturated heterocycles. The molecule has 0 radical (unpaired) electrons. The molecule has 120 valence electrons. The van der Waals surface area contributed by atoms with Crippen molar-refractivity contribution in [3.05, 3.63) is 28.8 Å². The maximum Gasteiger partial charge on any atom is 0.240 e. The van der Waals surface area contributed by atoms with Crippen molar-refractivity contribution in [2.24, 2.45) is 0 Å². The first-order chi connectivity index (χ1) is 9.94. The van der Waals surface area contributed by atoms with E-state index >= 15 is 0 Å². The maximum atomic E-state index is 12.4. The van der Waals surface area contributed by atoms with Crippen LogP contribution < -0.4 is 4.72 Å². The first-order valence-corrected chi connectivity index (χ1v) is 9.22. The number of hydrogen-bond donors (Lipinski definition) is 2. The van der Waals surface area contributed by atoms with Crippen LogP contribution in [-0.2, 0) is 16.6 Å². The summed E-state index contributed by atoms with van der Waals surface area (Å²) in [5, 5.41) is 9.34. The Labute approximate surface area is 132 Å². The summed E-state index contributed by atoms with van der Waals surface area (Å²) in [6, 6.07) is 4.36. The van der Waals surface area contributed by atoms with Crippen molar-refractivity contribution in [1.82, 2.24) is 4.72 Å². The van der Waals surface area contributed by atoms with Gasteiger partial charge in [-0.15, -0.1) is 0 Å². The number of rotatable bonds is 9. The van der Waals surface area contributed by atoms with Crippen LogP contribution in [0.4, 0.5) is 0 Å². The highest BCUT2D eigenvalue weighted by molar-refractivity contribution is 7.89. The highest BCUT2D eigenvalue weighted by atomic mass is 35.5. The lowest BCUT2D eigenvalue weighted by molar-refractivity contribution is 0.282. The number of aliphatic hydroxyl groups excluding tert-OH is 1. The quantitative estimate of drug-likeness (QED) is 0.727. The maximum absolute atomic E-state index is 12.4. The minimum Gasteiger partial charge on any atom is -0.392 e. The molecule has 1 atom stereocenters. The van der Waals surface area contributed by atoms with Crippen LogP contribution in [0, 0.1) is 0 Å². The van der Waals surface area contributed by atoms with Crippen molar-refractivity contribution < 1.29 is 13.5 Å². The Morgan fingerprint density at radius 3 is 2.48 bits per heavy atom. The lowest BCUT2D eigenvalue weighted by atomic mass is 10.1. The third kappa shape index (κ3) is 5.58. The van der Waals surface area contributed by atoms with Gasteiger partial charge in [0.2, 0.25) is 10.0 Å². The number of nitrogens with one attached hydrogen (secondary N) is 1. The molecular formula is C15H24ClNO3S. The van der Waals surface area contributed by atoms with E-state index in [1.807, 2.05) is 6.92 Å². The third-order valence-corrected chi connectivity index (χ3v) is 5.24. The van der Waals surface area contributed by atoms with E-state index < -0.39 is 10.0 Å². The van der Waals surface area contributed by atoms with E-state index in [1.165, 1.54) is 18.2 Å². The van der Waals surface area contributed by atoms with Gasteiger partial charge >= 0.3 is 0 Å². The largest absolute Gasteiger partial charge is 0.392 e. The highest BCUT2D eigenvalue weighted by Crippen LogP contribution is 2.21. The molecule has 0 spiro atoms. The highest BCUT2D eigenvalue weighted by Gasteiger charge is 2.20. The van der Waals surface area contributed by atoms with Crippen LogP contribution in [-0.4, -0.2) is 19.6 Å². The molecule has 0 aliphatic rings. The number of aliphatic hydroxyl groups is 1. The van der Waals surface area contributed by atoms with Crippen LogP contribution >= 0.6 is 11.6 Å². The summed E-state index contributed by atoms with van der Waals surface area (Å²) >= 11 is 5.96. The van der Waals surface area contributed by atoms with Crippen LogP contribution in [0.25, 0.3) is 0 Å². The number of unbranched alkanes of at least 4 members (excludes halogenated alkanes) is 1. The Bertz CT molecular complexity index is 546. The van der Waals surface area contributed by atoms with Gasteiger partial charge in [-0.1, -0.05) is 50.8 Å². The molecular weight excluding hydrogens is 310 g/mol. The summed E-state index contributed by atoms with van der Waals surface area (Å²) in [5.41, 5.74) is 0.520. The van der Waals surface area contributed by atoms with Crippen LogP contribution in [0.1, 0.15) is 51.5 Å². The normalized spacial score (nSPS) is 13.3. The molecule has 0 fully saturated rings. The fourth-order valence-electron chi connectivity index (χ4n) is 2.17. The Kier molecular flexibility index (Phi) is 7.66. The number of benzene rings is 1. The average molecular weight is 334 g/mol. The van der Waals surface area contributed by atoms with Crippen molar-refractivity contribution in [3.8, 4) is 0 Å². The lowest BCUT2D eigenvalue weighted by Crippen LogP contribution is -2.34. The van der Waals surface area contributed by atoms with Crippen molar-refractivity contribution in [2.45, 2.75) is 63.5 Å². The molecule has 0 saturated carbocycles. The molecule has 4 nitrogen and oxygen atoms in total. The van der Waals surface area contributed by atoms with Crippen LogP contribution in [0.15, 0.2) is 23.1 Å². The summed E-state index contributed by atoms with van der Waals surface area (Å²) < 4.78 is 27.6. The van der Waals surface area contributed by atoms with Gasteiger partial charge in [0.05, 0.1) is 11.5 Å². The van der Waals surface area contributed by atoms with E-state index in [1.54, 1.807) is 0 Å². The molecule has 1 rings (SSSR count). The van der Waals surface area contributed by atoms with E-state index in [0.29, 0.717) is 5.56 Å². The Morgan fingerprint density at radius 2 is 1.95 bits per heavy atom. The van der Waals surface area contributed by atoms with E-state index in [2.05, 4.69) is 11.6 Å². The summed E-state index contributed by atoms with van der Waals surface area (Å²) in [6.07, 6.45) is 4.63. The molecule has 6 heteroatoms. The van der Waals surface area contributed by atoms with Crippen molar-refractivity contribution >= 4 is 21.6 Å². The smallest absolute Gasteiger partial charge is 0.240 e. The number of sulfonamides is 1. The topological polar surface area (TPSA) is 66.4 Å². The molecule has 0 aliphatic heterocycles. The van der Waals surface area contributed by atoms with Gasteiger partial charge in [-0.25, -0.2) is 13.1 Å². The first-order valence-electron chi connectivity index (χ1n) is 7.36. The third-order valence-electron chi connectivity index (χ3n) is 3.37. The van der Waals surface area contributed by atoms with Crippen molar-refractivity contribution in [2.75, 3.05) is 0 Å². The fraction of sp³-hybridized carbons (Fsp3) is 0.600. The van der Waals surface area contributed by atoms with E-state index in [-0.39, 0.29) is 22.6 Å². The van der Waals surface area contributed by atoms with E-state index in [0.717, 1.165) is 32.1 Å². The zero-order valence-corrected chi connectivity index (χ0v) is 14.2. The van der Waals surface area contributed by atoms with Gasteiger partial charge < -0.3 is 5.11 Å². The van der Waals surface area contributed by atoms with Crippen LogP contribution in [0.3, 0.4) is 0 Å². The molecule has 0 heterocycles. The summed E-state index contributed by atoms with van der Waals surface area (Å²) in [5.74, 6) is 0. The molecule has 1 aromatic rings. The average Bonchev–Trinajstić information content (AvgIpc) is 2.44. The number of halogens is 1. The van der Waals surface area contributed by atoms with Crippen LogP contribution in [0.2, 0.25) is 5.02 Å². The Morgan fingerprint density at radius 1 is 1.24 bits per heavy atom. The molecule has 0 amide bonds. The molecule has 0 bridgehead atoms. The fourth-order valence-corrected chi connectivity index (χ4v) is 3.81. The second-order valence-electron chi connectivity index (χ2n) is 5.16. The zero-order chi connectivity index (χ0) is 15.9. The second-order valence-corrected chi connectivity index (χ2v) is 7.28. The van der Waals surface area contributed by atoms with E-state index in [4.69, 9.17) is 16.7 Å². The van der Waals surface area contributed by atoms with Gasteiger partial charge in [0.15, 0.2) is 0 Å². The van der Waals surface area contributed by atoms with Gasteiger partial charge in [-0.05, 0) is 30.5 Å². The van der Waals surface area contributed by atoms with E-state index in [9.17, 15) is 8.42 Å². The van der Waals surface area contributed by atoms with Gasteiger partial charge in [0, 0.05) is 11.1 Å². The first kappa shape index (κ1) is 18.4. The summed E-state index contributed by atoms with van der Waals surface area (Å²) in [7, 11) is -3.58. The molecule has 0 aromatic heterocycles. The Hall–Kier alpha value is -0.620. The summed E-state index contributed by atoms with van der Waals surface area (Å²) in [6.45, 7) is 3.92. The van der Waals surface area contributed by atoms with Crippen molar-refractivity contribution in [3.63, 3.8) is 0 Å². The summed E-state index contributed by atoms with van der Waals surface area (Å²) in [4.78, 5) is 0.141. The van der Waals surface area contributed by atoms with Gasteiger partial charge in [0.1, 0.15) is 0 Å². The molecule has 1 unspecified atom stereocenters. The van der Waals surface area contributed by atoms with Gasteiger partial charge in [0.25, 0.3) is 0 Å². The predicted octanol–water partition coefficient (Wildman–Crippen LogP) is 3.47. The van der Waals surface area contributed by atoms with Crippen LogP contribution in [0.5, 0.6) is 0 Å². The number of hydrogen-bond acceptors (Lipinski definition) is 3. The molecule has 0 aliphatic carbocycles. The Balaban J connectivity index is 2.90. The molecule has 2 N–H and O–H groups in total. The zero-order valence-electron chi connectivity index (χ0n) is 12.6. The molecule has 1 aromatic carbocycles. The second kappa shape index (κ2) is 8.73. The standard InChI is InChI=1S/C15H24ClNO3S/c1-3-5-7-13(6-4-2)17-21(19,20)14-9-8-12(11-18)15(16)10-14/h8-10,13,17-18H,3-7,11H2,1-2H3. The minimum absolute atomic E-state index is 0.0451. The monoisotopic (exact) mass is 333 g/mol. The minimum atomic E-state index is -3.58. The van der Waals surface area contributed by atoms with Crippen molar-refractivity contribution in [1.29, 1.82) is 0 Å².